The maximum Gasteiger partial charge on any atom is 0.237 e. The predicted molar refractivity (Wildman–Crippen MR) is 119 cm³/mol. The molecule has 0 saturated carbocycles. The summed E-state index contributed by atoms with van der Waals surface area (Å²) in [6.45, 7) is 7.25. The minimum absolute atomic E-state index is 0.0977. The molecule has 30 heavy (non-hydrogen) atoms. The maximum atomic E-state index is 13.0. The highest BCUT2D eigenvalue weighted by Gasteiger charge is 2.30. The highest BCUT2D eigenvalue weighted by Crippen LogP contribution is 2.32. The van der Waals surface area contributed by atoms with Gasteiger partial charge in [0.15, 0.2) is 11.0 Å². The summed E-state index contributed by atoms with van der Waals surface area (Å²) in [4.78, 5) is 14.9. The second-order valence-electron chi connectivity index (χ2n) is 7.48. The van der Waals surface area contributed by atoms with E-state index in [2.05, 4.69) is 23.2 Å². The van der Waals surface area contributed by atoms with Gasteiger partial charge in [-0.1, -0.05) is 47.7 Å². The van der Waals surface area contributed by atoms with Crippen LogP contribution in [0.2, 0.25) is 0 Å². The third-order valence-electron chi connectivity index (χ3n) is 5.30. The first kappa shape index (κ1) is 20.5. The van der Waals surface area contributed by atoms with Crippen LogP contribution in [0.4, 0.5) is 5.69 Å². The molecule has 7 heteroatoms. The fourth-order valence-electron chi connectivity index (χ4n) is 3.77. The van der Waals surface area contributed by atoms with E-state index in [9.17, 15) is 4.79 Å². The van der Waals surface area contributed by atoms with Gasteiger partial charge in [0.1, 0.15) is 12.4 Å². The predicted octanol–water partition coefficient (Wildman–Crippen LogP) is 4.26. The van der Waals surface area contributed by atoms with Crippen LogP contribution >= 0.6 is 11.8 Å². The Balaban J connectivity index is 1.40. The number of carbonyl (C=O) groups excluding carboxylic acids is 1. The van der Waals surface area contributed by atoms with Crippen molar-refractivity contribution in [1.29, 1.82) is 0 Å². The molecule has 4 rings (SSSR count). The fraction of sp³-hybridized carbons (Fsp3) is 0.348. The summed E-state index contributed by atoms with van der Waals surface area (Å²) < 4.78 is 7.86. The second kappa shape index (κ2) is 8.92. The van der Waals surface area contributed by atoms with Crippen molar-refractivity contribution in [3.8, 4) is 5.75 Å². The van der Waals surface area contributed by atoms with Gasteiger partial charge in [0.05, 0.1) is 5.75 Å². The molecule has 0 bridgehead atoms. The summed E-state index contributed by atoms with van der Waals surface area (Å²) in [5, 5.41) is 9.33. The lowest BCUT2D eigenvalue weighted by atomic mass is 10.1. The number of benzene rings is 2. The lowest BCUT2D eigenvalue weighted by Crippen LogP contribution is -2.37. The molecule has 6 nitrogen and oxygen atoms in total. The maximum absolute atomic E-state index is 13.0. The minimum Gasteiger partial charge on any atom is -0.486 e. The Kier molecular flexibility index (Phi) is 6.08. The number of carbonyl (C=O) groups is 1. The summed E-state index contributed by atoms with van der Waals surface area (Å²) in [5.74, 6) is 1.99. The van der Waals surface area contributed by atoms with Gasteiger partial charge in [0.2, 0.25) is 5.91 Å². The molecule has 0 fully saturated rings. The summed E-state index contributed by atoms with van der Waals surface area (Å²) >= 11 is 1.43. The van der Waals surface area contributed by atoms with Crippen molar-refractivity contribution in [3.05, 3.63) is 65.5 Å². The molecule has 1 aromatic heterocycles. The Morgan fingerprint density at radius 2 is 1.93 bits per heavy atom. The van der Waals surface area contributed by atoms with Gasteiger partial charge in [-0.15, -0.1) is 10.2 Å². The number of fused-ring (bicyclic) bond motifs is 1. The smallest absolute Gasteiger partial charge is 0.237 e. The van der Waals surface area contributed by atoms with Crippen LogP contribution in [0.3, 0.4) is 0 Å². The van der Waals surface area contributed by atoms with E-state index in [1.165, 1.54) is 22.9 Å². The van der Waals surface area contributed by atoms with E-state index in [1.54, 1.807) is 0 Å². The lowest BCUT2D eigenvalue weighted by molar-refractivity contribution is -0.116. The Labute approximate surface area is 181 Å². The molecule has 2 heterocycles. The van der Waals surface area contributed by atoms with Gasteiger partial charge in [0, 0.05) is 18.3 Å². The Hall–Kier alpha value is -2.80. The highest BCUT2D eigenvalue weighted by atomic mass is 32.2. The van der Waals surface area contributed by atoms with Crippen LogP contribution in [0.1, 0.15) is 30.8 Å². The van der Waals surface area contributed by atoms with Gasteiger partial charge in [0.25, 0.3) is 0 Å². The zero-order chi connectivity index (χ0) is 21.1. The van der Waals surface area contributed by atoms with Crippen LogP contribution in [-0.2, 0) is 24.4 Å². The standard InChI is InChI=1S/C23H26N4O2S/c1-4-26-21(14-29-19-11-9-16(2)10-12-19)24-25-23(26)30-15-22(28)27-17(3)13-18-7-5-6-8-20(18)27/h5-12,17H,4,13-15H2,1-3H3/t17-/m1/s1. The first-order chi connectivity index (χ1) is 14.6. The number of hydrogen-bond acceptors (Lipinski definition) is 5. The van der Waals surface area contributed by atoms with Crippen molar-refractivity contribution in [2.45, 2.75) is 51.5 Å². The number of nitrogens with zero attached hydrogens (tertiary/aromatic N) is 4. The quantitative estimate of drug-likeness (QED) is 0.533. The van der Waals surface area contributed by atoms with Crippen molar-refractivity contribution < 1.29 is 9.53 Å². The molecule has 0 unspecified atom stereocenters. The van der Waals surface area contributed by atoms with Crippen LogP contribution in [0.15, 0.2) is 53.7 Å². The van der Waals surface area contributed by atoms with Gasteiger partial charge in [-0.2, -0.15) is 0 Å². The topological polar surface area (TPSA) is 60.2 Å². The number of rotatable bonds is 7. The number of para-hydroxylation sites is 1. The molecule has 1 atom stereocenters. The normalized spacial score (nSPS) is 15.3. The van der Waals surface area contributed by atoms with Gasteiger partial charge in [-0.3, -0.25) is 4.79 Å². The summed E-state index contributed by atoms with van der Waals surface area (Å²) in [7, 11) is 0. The number of thioether (sulfide) groups is 1. The SMILES string of the molecule is CCn1c(COc2ccc(C)cc2)nnc1SCC(=O)N1c2ccccc2C[C@H]1C. The Bertz CT molecular complexity index is 1030. The van der Waals surface area contributed by atoms with Crippen LogP contribution in [0, 0.1) is 6.92 Å². The van der Waals surface area contributed by atoms with Crippen LogP contribution < -0.4 is 9.64 Å². The largest absolute Gasteiger partial charge is 0.486 e. The molecule has 0 radical (unpaired) electrons. The molecular formula is C23H26N4O2S. The zero-order valence-corrected chi connectivity index (χ0v) is 18.4. The minimum atomic E-state index is 0.0977. The molecular weight excluding hydrogens is 396 g/mol. The van der Waals surface area contributed by atoms with Crippen LogP contribution in [0.25, 0.3) is 0 Å². The van der Waals surface area contributed by atoms with E-state index in [0.717, 1.165) is 35.4 Å². The Morgan fingerprint density at radius 1 is 1.17 bits per heavy atom. The van der Waals surface area contributed by atoms with Crippen molar-refractivity contribution in [1.82, 2.24) is 14.8 Å². The van der Waals surface area contributed by atoms with E-state index in [4.69, 9.17) is 4.74 Å². The third kappa shape index (κ3) is 4.21. The van der Waals surface area contributed by atoms with E-state index in [0.29, 0.717) is 12.4 Å². The van der Waals surface area contributed by atoms with Gasteiger partial charge >= 0.3 is 0 Å². The molecule has 0 aliphatic carbocycles. The monoisotopic (exact) mass is 422 g/mol. The first-order valence-electron chi connectivity index (χ1n) is 10.2. The van der Waals surface area contributed by atoms with E-state index in [1.807, 2.05) is 65.8 Å². The third-order valence-corrected chi connectivity index (χ3v) is 6.25. The van der Waals surface area contributed by atoms with E-state index >= 15 is 0 Å². The average Bonchev–Trinajstić information content (AvgIpc) is 3.30. The number of amides is 1. The molecule has 0 N–H and O–H groups in total. The van der Waals surface area contributed by atoms with Gasteiger partial charge in [-0.05, 0) is 51.0 Å². The molecule has 0 saturated heterocycles. The van der Waals surface area contributed by atoms with Crippen molar-refractivity contribution in [2.75, 3.05) is 10.7 Å². The highest BCUT2D eigenvalue weighted by molar-refractivity contribution is 7.99. The molecule has 1 amide bonds. The number of hydrogen-bond donors (Lipinski definition) is 0. The molecule has 0 spiro atoms. The van der Waals surface area contributed by atoms with Crippen molar-refractivity contribution >= 4 is 23.4 Å². The van der Waals surface area contributed by atoms with Crippen LogP contribution in [0.5, 0.6) is 5.75 Å². The molecule has 1 aliphatic rings. The zero-order valence-electron chi connectivity index (χ0n) is 17.5. The van der Waals surface area contributed by atoms with Gasteiger partial charge < -0.3 is 14.2 Å². The summed E-state index contributed by atoms with van der Waals surface area (Å²) in [5.41, 5.74) is 3.45. The Morgan fingerprint density at radius 3 is 2.70 bits per heavy atom. The number of aromatic nitrogens is 3. The average molecular weight is 423 g/mol. The first-order valence-corrected chi connectivity index (χ1v) is 11.2. The van der Waals surface area contributed by atoms with E-state index < -0.39 is 0 Å². The number of aryl methyl sites for hydroxylation is 1. The number of ether oxygens (including phenoxy) is 1. The lowest BCUT2D eigenvalue weighted by Gasteiger charge is -2.22. The van der Waals surface area contributed by atoms with Gasteiger partial charge in [-0.25, -0.2) is 0 Å². The molecule has 156 valence electrons. The van der Waals surface area contributed by atoms with Crippen molar-refractivity contribution in [2.24, 2.45) is 0 Å². The summed E-state index contributed by atoms with van der Waals surface area (Å²) in [6.07, 6.45) is 0.901. The molecule has 3 aromatic rings. The fourth-order valence-corrected chi connectivity index (χ4v) is 4.65. The summed E-state index contributed by atoms with van der Waals surface area (Å²) in [6, 6.07) is 16.2. The molecule has 1 aliphatic heterocycles. The van der Waals surface area contributed by atoms with Crippen molar-refractivity contribution in [3.63, 3.8) is 0 Å². The van der Waals surface area contributed by atoms with E-state index in [-0.39, 0.29) is 11.9 Å². The van der Waals surface area contributed by atoms with Crippen LogP contribution in [-0.4, -0.2) is 32.5 Å². The number of anilines is 1. The second-order valence-corrected chi connectivity index (χ2v) is 8.42. The molecule has 2 aromatic carbocycles.